The number of carbonyl (C=O) groups is 4. The third-order valence-electron chi connectivity index (χ3n) is 5.60. The molecule has 2 aliphatic rings. The molecule has 1 aromatic rings. The van der Waals surface area contributed by atoms with E-state index in [9.17, 15) is 19.2 Å². The summed E-state index contributed by atoms with van der Waals surface area (Å²) in [5.74, 6) is -0.688. The summed E-state index contributed by atoms with van der Waals surface area (Å²) < 4.78 is 5.72. The van der Waals surface area contributed by atoms with Gasteiger partial charge in [-0.25, -0.2) is 0 Å². The Balaban J connectivity index is 1.80. The number of fused-ring (bicyclic) bond motifs is 1. The van der Waals surface area contributed by atoms with Crippen molar-refractivity contribution in [1.29, 1.82) is 0 Å². The van der Waals surface area contributed by atoms with Gasteiger partial charge in [0.2, 0.25) is 17.7 Å². The van der Waals surface area contributed by atoms with Crippen LogP contribution in [0.3, 0.4) is 0 Å². The minimum absolute atomic E-state index is 0.00353. The number of ether oxygens (including phenoxy) is 1. The van der Waals surface area contributed by atoms with E-state index >= 15 is 0 Å². The van der Waals surface area contributed by atoms with Crippen LogP contribution >= 0.6 is 0 Å². The quantitative estimate of drug-likeness (QED) is 0.545. The summed E-state index contributed by atoms with van der Waals surface area (Å²) in [4.78, 5) is 50.8. The average Bonchev–Trinajstić information content (AvgIpc) is 3.60. The third-order valence-corrected chi connectivity index (χ3v) is 5.60. The van der Waals surface area contributed by atoms with Crippen LogP contribution in [0.2, 0.25) is 0 Å². The van der Waals surface area contributed by atoms with Crippen LogP contribution in [0.1, 0.15) is 49.9 Å². The average molecular weight is 445 g/mol. The first kappa shape index (κ1) is 23.6. The molecule has 1 aliphatic heterocycles. The van der Waals surface area contributed by atoms with E-state index in [1.807, 2.05) is 13.8 Å². The summed E-state index contributed by atoms with van der Waals surface area (Å²) in [6.45, 7) is 4.63. The van der Waals surface area contributed by atoms with Crippen LogP contribution in [-0.4, -0.2) is 55.4 Å². The molecule has 0 bridgehead atoms. The Hall–Kier alpha value is -3.10. The molecule has 9 heteroatoms. The summed E-state index contributed by atoms with van der Waals surface area (Å²) in [7, 11) is 0. The Kier molecular flexibility index (Phi) is 8.08. The molecule has 4 amide bonds. The molecule has 0 radical (unpaired) electrons. The maximum Gasteiger partial charge on any atom is 0.255 e. The Bertz CT molecular complexity index is 853. The molecule has 1 fully saturated rings. The van der Waals surface area contributed by atoms with Crippen molar-refractivity contribution in [2.24, 2.45) is 11.8 Å². The number of benzene rings is 1. The van der Waals surface area contributed by atoms with Gasteiger partial charge in [-0.2, -0.15) is 0 Å². The van der Waals surface area contributed by atoms with E-state index in [1.165, 1.54) is 0 Å². The molecule has 1 saturated carbocycles. The van der Waals surface area contributed by atoms with Gasteiger partial charge in [0, 0.05) is 13.0 Å². The highest BCUT2D eigenvalue weighted by molar-refractivity contribution is 5.99. The molecule has 0 unspecified atom stereocenters. The molecule has 0 aromatic heterocycles. The fraction of sp³-hybridized carbons (Fsp3) is 0.565. The van der Waals surface area contributed by atoms with Crippen molar-refractivity contribution in [3.8, 4) is 5.75 Å². The minimum atomic E-state index is -0.878. The van der Waals surface area contributed by atoms with Gasteiger partial charge in [0.05, 0.1) is 12.1 Å². The lowest BCUT2D eigenvalue weighted by atomic mass is 10.0. The first-order chi connectivity index (χ1) is 15.3. The second kappa shape index (κ2) is 11.0. The molecule has 174 valence electrons. The van der Waals surface area contributed by atoms with Crippen LogP contribution < -0.4 is 26.0 Å². The van der Waals surface area contributed by atoms with Gasteiger partial charge in [-0.3, -0.25) is 19.2 Å². The molecular formula is C23H32N4O5. The lowest BCUT2D eigenvalue weighted by molar-refractivity contribution is -0.130. The zero-order valence-corrected chi connectivity index (χ0v) is 18.6. The molecule has 32 heavy (non-hydrogen) atoms. The largest absolute Gasteiger partial charge is 0.491 e. The van der Waals surface area contributed by atoms with Crippen LogP contribution in [-0.2, 0) is 14.4 Å². The molecule has 1 aromatic carbocycles. The maximum atomic E-state index is 12.9. The van der Waals surface area contributed by atoms with E-state index in [4.69, 9.17) is 4.74 Å². The monoisotopic (exact) mass is 444 g/mol. The van der Waals surface area contributed by atoms with Gasteiger partial charge in [0.15, 0.2) is 0 Å². The standard InChI is InChI=1S/C23H32N4O5/c1-14(2)20-23(31)24-11-12-32-18-6-4-3-5-16(18)21(29)26-17(9-10-19(28)27-20)22(30)25-13-15-7-8-15/h3-6,14-15,17,20H,7-13H2,1-2H3,(H,24,31)(H,25,30)(H,26,29)(H,27,28)/t17-,20-/m0/s1. The molecule has 9 nitrogen and oxygen atoms in total. The zero-order chi connectivity index (χ0) is 23.1. The van der Waals surface area contributed by atoms with Crippen molar-refractivity contribution in [1.82, 2.24) is 21.3 Å². The molecule has 1 heterocycles. The minimum Gasteiger partial charge on any atom is -0.491 e. The van der Waals surface area contributed by atoms with E-state index in [2.05, 4.69) is 21.3 Å². The second-order valence-corrected chi connectivity index (χ2v) is 8.68. The number of amides is 4. The number of hydrogen-bond acceptors (Lipinski definition) is 5. The van der Waals surface area contributed by atoms with Crippen molar-refractivity contribution in [2.75, 3.05) is 19.7 Å². The molecular weight excluding hydrogens is 412 g/mol. The van der Waals surface area contributed by atoms with Crippen molar-refractivity contribution >= 4 is 23.6 Å². The predicted molar refractivity (Wildman–Crippen MR) is 118 cm³/mol. The summed E-state index contributed by atoms with van der Waals surface area (Å²) in [6, 6.07) is 5.16. The van der Waals surface area contributed by atoms with Crippen molar-refractivity contribution in [3.63, 3.8) is 0 Å². The van der Waals surface area contributed by atoms with Gasteiger partial charge in [0.25, 0.3) is 5.91 Å². The van der Waals surface area contributed by atoms with E-state index in [1.54, 1.807) is 24.3 Å². The van der Waals surface area contributed by atoms with Crippen LogP contribution in [0.15, 0.2) is 24.3 Å². The highest BCUT2D eigenvalue weighted by Gasteiger charge is 2.29. The van der Waals surface area contributed by atoms with E-state index < -0.39 is 18.0 Å². The smallest absolute Gasteiger partial charge is 0.255 e. The summed E-state index contributed by atoms with van der Waals surface area (Å²) >= 11 is 0. The number of rotatable bonds is 4. The third kappa shape index (κ3) is 6.70. The SMILES string of the molecule is CC(C)[C@@H]1NC(=O)CC[C@@H](C(=O)NCC2CC2)NC(=O)c2ccccc2OCCNC1=O. The fourth-order valence-electron chi connectivity index (χ4n) is 3.48. The molecule has 4 N–H and O–H groups in total. The van der Waals surface area contributed by atoms with Gasteiger partial charge in [-0.1, -0.05) is 26.0 Å². The van der Waals surface area contributed by atoms with Crippen LogP contribution in [0.25, 0.3) is 0 Å². The molecule has 2 atom stereocenters. The molecule has 0 spiro atoms. The van der Waals surface area contributed by atoms with Crippen LogP contribution in [0.5, 0.6) is 5.75 Å². The van der Waals surface area contributed by atoms with Crippen molar-refractivity contribution < 1.29 is 23.9 Å². The van der Waals surface area contributed by atoms with Gasteiger partial charge >= 0.3 is 0 Å². The fourth-order valence-corrected chi connectivity index (χ4v) is 3.48. The summed E-state index contributed by atoms with van der Waals surface area (Å²) in [5.41, 5.74) is 0.290. The Morgan fingerprint density at radius 1 is 1.12 bits per heavy atom. The number of hydrogen-bond donors (Lipinski definition) is 4. The van der Waals surface area contributed by atoms with E-state index in [-0.39, 0.29) is 55.2 Å². The van der Waals surface area contributed by atoms with Crippen molar-refractivity contribution in [3.05, 3.63) is 29.8 Å². The second-order valence-electron chi connectivity index (χ2n) is 8.68. The first-order valence-electron chi connectivity index (χ1n) is 11.2. The molecule has 0 saturated heterocycles. The van der Waals surface area contributed by atoms with Gasteiger partial charge in [-0.05, 0) is 43.2 Å². The number of nitrogens with one attached hydrogen (secondary N) is 4. The maximum absolute atomic E-state index is 12.9. The van der Waals surface area contributed by atoms with E-state index in [0.29, 0.717) is 18.2 Å². The Morgan fingerprint density at radius 3 is 2.59 bits per heavy atom. The molecule has 1 aliphatic carbocycles. The van der Waals surface area contributed by atoms with Crippen LogP contribution in [0.4, 0.5) is 0 Å². The summed E-state index contributed by atoms with van der Waals surface area (Å²) in [6.07, 6.45) is 2.28. The lowest BCUT2D eigenvalue weighted by Crippen LogP contribution is -2.51. The zero-order valence-electron chi connectivity index (χ0n) is 18.6. The topological polar surface area (TPSA) is 126 Å². The number of para-hydroxylation sites is 1. The van der Waals surface area contributed by atoms with Gasteiger partial charge in [-0.15, -0.1) is 0 Å². The molecule has 3 rings (SSSR count). The lowest BCUT2D eigenvalue weighted by Gasteiger charge is -2.22. The van der Waals surface area contributed by atoms with E-state index in [0.717, 1.165) is 12.8 Å². The first-order valence-corrected chi connectivity index (χ1v) is 11.2. The van der Waals surface area contributed by atoms with Crippen molar-refractivity contribution in [2.45, 2.75) is 51.6 Å². The van der Waals surface area contributed by atoms with Gasteiger partial charge in [0.1, 0.15) is 24.4 Å². The highest BCUT2D eigenvalue weighted by atomic mass is 16.5. The van der Waals surface area contributed by atoms with Crippen LogP contribution in [0, 0.1) is 11.8 Å². The summed E-state index contributed by atoms with van der Waals surface area (Å²) in [5, 5.41) is 11.1. The normalized spacial score (nSPS) is 22.9. The van der Waals surface area contributed by atoms with Gasteiger partial charge < -0.3 is 26.0 Å². The predicted octanol–water partition coefficient (Wildman–Crippen LogP) is 0.741. The highest BCUT2D eigenvalue weighted by Crippen LogP contribution is 2.27. The Labute approximate surface area is 188 Å². The number of carbonyl (C=O) groups excluding carboxylic acids is 4. The Morgan fingerprint density at radius 2 is 1.88 bits per heavy atom.